The zero-order valence-electron chi connectivity index (χ0n) is 43.9. The molecule has 0 aromatic heterocycles. The lowest BCUT2D eigenvalue weighted by atomic mass is 9.33. The molecule has 0 unspecified atom stereocenters. The minimum absolute atomic E-state index is 0.120. The molecule has 0 bridgehead atoms. The second kappa shape index (κ2) is 20.7. The zero-order chi connectivity index (χ0) is 54.9. The third-order valence-electron chi connectivity index (χ3n) is 20.7. The second-order valence-electron chi connectivity index (χ2n) is 25.5. The third kappa shape index (κ3) is 9.20. The van der Waals surface area contributed by atoms with Crippen molar-refractivity contribution in [3.05, 3.63) is 11.6 Å². The van der Waals surface area contributed by atoms with E-state index in [9.17, 15) is 71.5 Å². The molecule has 4 saturated heterocycles. The Labute approximate surface area is 436 Å². The van der Waals surface area contributed by atoms with Crippen LogP contribution < -0.4 is 0 Å². The molecule has 9 rings (SSSR count). The van der Waals surface area contributed by atoms with Gasteiger partial charge in [-0.15, -0.1) is 0 Å². The number of aliphatic hydroxyl groups is 14. The Morgan fingerprint density at radius 2 is 1.24 bits per heavy atom. The fourth-order valence-corrected chi connectivity index (χ4v) is 16.2. The van der Waals surface area contributed by atoms with Crippen LogP contribution in [0.3, 0.4) is 0 Å². The van der Waals surface area contributed by atoms with Crippen LogP contribution in [-0.4, -0.2) is 233 Å². The average Bonchev–Trinajstić information content (AvgIpc) is 3.35. The number of allylic oxidation sites excluding steroid dienone is 2. The number of fused-ring (bicyclic) bond motifs is 7. The Hall–Kier alpha value is -1.63. The molecule has 75 heavy (non-hydrogen) atoms. The summed E-state index contributed by atoms with van der Waals surface area (Å²) in [5.74, 6) is -1.73. The molecule has 4 saturated carbocycles. The van der Waals surface area contributed by atoms with Crippen molar-refractivity contribution in [3.8, 4) is 0 Å². The van der Waals surface area contributed by atoms with Crippen LogP contribution in [0.1, 0.15) is 99.8 Å². The molecular weight excluding hydrogens is 993 g/mol. The van der Waals surface area contributed by atoms with Crippen LogP contribution in [0, 0.1) is 50.2 Å². The minimum atomic E-state index is -1.90. The lowest BCUT2D eigenvalue weighted by molar-refractivity contribution is -0.369. The predicted octanol–water partition coefficient (Wildman–Crippen LogP) is -2.82. The summed E-state index contributed by atoms with van der Waals surface area (Å²) < 4.78 is 47.1. The molecule has 0 radical (unpaired) electrons. The Morgan fingerprint density at radius 1 is 0.627 bits per heavy atom. The van der Waals surface area contributed by atoms with Gasteiger partial charge in [-0.25, -0.2) is 0 Å². The number of rotatable bonds is 10. The van der Waals surface area contributed by atoms with E-state index < -0.39 is 188 Å². The fourth-order valence-electron chi connectivity index (χ4n) is 16.2. The van der Waals surface area contributed by atoms with Crippen molar-refractivity contribution in [3.63, 3.8) is 0 Å². The maximum absolute atomic E-state index is 15.3. The summed E-state index contributed by atoms with van der Waals surface area (Å²) in [5.41, 5.74) is -3.78. The highest BCUT2D eigenvalue weighted by Crippen LogP contribution is 2.76. The smallest absolute Gasteiger partial charge is 0.317 e. The summed E-state index contributed by atoms with van der Waals surface area (Å²) >= 11 is 0. The van der Waals surface area contributed by atoms with Crippen LogP contribution in [0.5, 0.6) is 0 Å². The Morgan fingerprint density at radius 3 is 1.91 bits per heavy atom. The van der Waals surface area contributed by atoms with Crippen LogP contribution in [-0.2, 0) is 42.7 Å². The molecule has 23 nitrogen and oxygen atoms in total. The van der Waals surface area contributed by atoms with E-state index in [0.717, 1.165) is 5.57 Å². The van der Waals surface area contributed by atoms with Crippen molar-refractivity contribution in [1.82, 2.24) is 0 Å². The monoisotopic (exact) mass is 1080 g/mol. The van der Waals surface area contributed by atoms with E-state index in [1.54, 1.807) is 0 Å². The SMILES string of the molecule is C[C@@H]1O[C@@H](O[C@H]2[C@H](OC(=O)[C@]34CCC(C)(C)C[C@H]3C3=CC[C@@H]5[C@@]6(C)C[C@H](O)[C@H](O[C@@H]7O[C@H](CO)[C@@H](O)[C@H](O)[C@H]7O)[C@@](C)(CO)[C@@H]6CC[C@@]5(C)[C@]3(C)C[C@H]4O)OC[C@H](O)[C@@H]2O)[C@H](O)[C@H](O)[C@H]1O[C@@H]1OC[C@@H](O)[C@H](O)[C@H]1O. The molecule has 0 spiro atoms. The molecule has 0 aromatic rings. The van der Waals surface area contributed by atoms with Gasteiger partial charge in [0.25, 0.3) is 0 Å². The Kier molecular flexibility index (Phi) is 16.0. The predicted molar refractivity (Wildman–Crippen MR) is 254 cm³/mol. The normalized spacial score (nSPS) is 55.8. The highest BCUT2D eigenvalue weighted by molar-refractivity contribution is 5.80. The summed E-state index contributed by atoms with van der Waals surface area (Å²) in [5, 5.41) is 153. The van der Waals surface area contributed by atoms with E-state index in [0.29, 0.717) is 32.1 Å². The Bertz CT molecular complexity index is 2080. The molecule has 23 heteroatoms. The maximum Gasteiger partial charge on any atom is 0.317 e. The number of carbonyl (C=O) groups excluding carboxylic acids is 1. The topological polar surface area (TPSA) is 374 Å². The van der Waals surface area contributed by atoms with Crippen molar-refractivity contribution < 1.29 is 114 Å². The number of ether oxygens (including phenoxy) is 8. The number of carbonyl (C=O) groups is 1. The van der Waals surface area contributed by atoms with Crippen molar-refractivity contribution in [2.45, 2.75) is 229 Å². The summed E-state index contributed by atoms with van der Waals surface area (Å²) in [4.78, 5) is 15.3. The molecule has 14 N–H and O–H groups in total. The first-order chi connectivity index (χ1) is 35.0. The summed E-state index contributed by atoms with van der Waals surface area (Å²) in [6.07, 6.45) is -26.6. The van der Waals surface area contributed by atoms with Gasteiger partial charge in [0.15, 0.2) is 25.0 Å². The van der Waals surface area contributed by atoms with E-state index in [-0.39, 0.29) is 43.1 Å². The van der Waals surface area contributed by atoms with Gasteiger partial charge in [0.1, 0.15) is 78.7 Å². The molecule has 8 fully saturated rings. The molecule has 5 aliphatic carbocycles. The number of esters is 1. The van der Waals surface area contributed by atoms with E-state index in [4.69, 9.17) is 37.9 Å². The zero-order valence-corrected chi connectivity index (χ0v) is 43.9. The van der Waals surface area contributed by atoms with Gasteiger partial charge in [-0.1, -0.05) is 53.2 Å². The van der Waals surface area contributed by atoms with Crippen molar-refractivity contribution in [2.24, 2.45) is 50.2 Å². The fraction of sp³-hybridized carbons (Fsp3) is 0.942. The summed E-state index contributed by atoms with van der Waals surface area (Å²) in [6, 6.07) is 0. The van der Waals surface area contributed by atoms with Gasteiger partial charge in [-0.2, -0.15) is 0 Å². The molecule has 0 amide bonds. The second-order valence-corrected chi connectivity index (χ2v) is 25.5. The largest absolute Gasteiger partial charge is 0.432 e. The number of aliphatic hydroxyl groups excluding tert-OH is 14. The van der Waals surface area contributed by atoms with Gasteiger partial charge < -0.3 is 109 Å². The first-order valence-corrected chi connectivity index (χ1v) is 26.9. The molecule has 29 atom stereocenters. The van der Waals surface area contributed by atoms with E-state index in [2.05, 4.69) is 40.7 Å². The molecule has 9 aliphatic rings. The maximum atomic E-state index is 15.3. The van der Waals surface area contributed by atoms with Gasteiger partial charge in [-0.3, -0.25) is 4.79 Å². The van der Waals surface area contributed by atoms with Crippen molar-refractivity contribution >= 4 is 5.97 Å². The highest BCUT2D eigenvalue weighted by atomic mass is 16.8. The average molecular weight is 1080 g/mol. The Balaban J connectivity index is 0.962. The lowest BCUT2D eigenvalue weighted by Gasteiger charge is -2.72. The van der Waals surface area contributed by atoms with Crippen LogP contribution in [0.2, 0.25) is 0 Å². The molecule has 0 aromatic carbocycles. The van der Waals surface area contributed by atoms with E-state index in [1.807, 2.05) is 6.92 Å². The minimum Gasteiger partial charge on any atom is -0.432 e. The van der Waals surface area contributed by atoms with Gasteiger partial charge in [0.2, 0.25) is 6.29 Å². The van der Waals surface area contributed by atoms with Crippen molar-refractivity contribution in [2.75, 3.05) is 26.4 Å². The summed E-state index contributed by atoms with van der Waals surface area (Å²) in [6.45, 7) is 12.1. The number of hydrogen-bond acceptors (Lipinski definition) is 23. The summed E-state index contributed by atoms with van der Waals surface area (Å²) in [7, 11) is 0. The molecule has 430 valence electrons. The number of hydrogen-bond donors (Lipinski definition) is 14. The van der Waals surface area contributed by atoms with Gasteiger partial charge in [0, 0.05) is 5.41 Å². The lowest BCUT2D eigenvalue weighted by Crippen LogP contribution is -2.70. The van der Waals surface area contributed by atoms with Crippen molar-refractivity contribution in [1.29, 1.82) is 0 Å². The molecule has 4 aliphatic heterocycles. The van der Waals surface area contributed by atoms with Crippen LogP contribution in [0.15, 0.2) is 11.6 Å². The molecule has 4 heterocycles. The molecular formula is C52H84O23. The highest BCUT2D eigenvalue weighted by Gasteiger charge is 2.73. The van der Waals surface area contributed by atoms with E-state index in [1.165, 1.54) is 6.92 Å². The standard InChI is InChI=1S/C52H84O23/c1-21-39(72-42-36(64)31(59)25(56)18-68-42)35(63)38(66)43(70-21)73-40-32(60)26(57)19-69-45(40)75-46(67)52-13-12-47(2,3)14-23(52)22-8-9-29-48(4)15-24(55)41(74-44-37(65)34(62)33(61)27(17-53)71-44)49(5,20-54)28(48)10-11-50(29,6)51(22,7)16-30(52)58/h8,21,23-45,53-66H,9-20H2,1-7H3/t21-,23-,24-,25+,26-,27+,28+,29+,30+,31-,32-,33+,34-,35-,36+,37+,38+,39-,40+,41-,42-,43-,44-,45-,48-,49-,50+,51+,52+/m0/s1. The third-order valence-corrected chi connectivity index (χ3v) is 20.7. The van der Waals surface area contributed by atoms with Crippen LogP contribution in [0.25, 0.3) is 0 Å². The van der Waals surface area contributed by atoms with Crippen LogP contribution in [0.4, 0.5) is 0 Å². The first kappa shape index (κ1) is 58.0. The van der Waals surface area contributed by atoms with E-state index >= 15 is 4.79 Å². The quantitative estimate of drug-likeness (QED) is 0.0596. The van der Waals surface area contributed by atoms with Gasteiger partial charge in [-0.05, 0) is 97.7 Å². The van der Waals surface area contributed by atoms with Gasteiger partial charge in [0.05, 0.1) is 50.8 Å². The first-order valence-electron chi connectivity index (χ1n) is 26.9. The van der Waals surface area contributed by atoms with Gasteiger partial charge >= 0.3 is 5.97 Å². The van der Waals surface area contributed by atoms with Crippen LogP contribution >= 0.6 is 0 Å².